The van der Waals surface area contributed by atoms with E-state index in [1.165, 1.54) is 29.3 Å². The molecule has 0 amide bonds. The highest BCUT2D eigenvalue weighted by Gasteiger charge is 2.32. The SMILES string of the molecule is N#Cc1cnc2ccc(OC(F)F)cc2c1NCC1CCN(CC(F)(F)F)CC1. The molecule has 1 aromatic carbocycles. The molecular formula is C19H19F5N4O. The summed E-state index contributed by atoms with van der Waals surface area (Å²) in [4.78, 5) is 5.53. The molecule has 0 atom stereocenters. The summed E-state index contributed by atoms with van der Waals surface area (Å²) in [5, 5.41) is 13.0. The topological polar surface area (TPSA) is 61.2 Å². The number of alkyl halides is 5. The van der Waals surface area contributed by atoms with Gasteiger partial charge in [-0.05, 0) is 50.0 Å². The van der Waals surface area contributed by atoms with Crippen molar-refractivity contribution >= 4 is 16.6 Å². The van der Waals surface area contributed by atoms with Gasteiger partial charge < -0.3 is 10.1 Å². The van der Waals surface area contributed by atoms with E-state index in [2.05, 4.69) is 15.0 Å². The Kier molecular flexibility index (Phi) is 6.37. The number of likely N-dealkylation sites (tertiary alicyclic amines) is 1. The number of benzene rings is 1. The lowest BCUT2D eigenvalue weighted by Crippen LogP contribution is -2.41. The van der Waals surface area contributed by atoms with E-state index in [0.717, 1.165) is 0 Å². The molecule has 29 heavy (non-hydrogen) atoms. The van der Waals surface area contributed by atoms with E-state index in [-0.39, 0.29) is 17.2 Å². The van der Waals surface area contributed by atoms with Crippen LogP contribution in [0.25, 0.3) is 10.9 Å². The van der Waals surface area contributed by atoms with E-state index in [0.29, 0.717) is 49.1 Å². The molecule has 1 aliphatic rings. The summed E-state index contributed by atoms with van der Waals surface area (Å²) in [5.74, 6) is 0.0858. The highest BCUT2D eigenvalue weighted by molar-refractivity contribution is 5.94. The molecule has 1 aliphatic heterocycles. The normalized spacial score (nSPS) is 16.2. The molecule has 3 rings (SSSR count). The van der Waals surface area contributed by atoms with Gasteiger partial charge in [-0.25, -0.2) is 0 Å². The molecule has 5 nitrogen and oxygen atoms in total. The maximum Gasteiger partial charge on any atom is 0.401 e. The van der Waals surface area contributed by atoms with E-state index in [9.17, 15) is 27.2 Å². The van der Waals surface area contributed by atoms with Crippen molar-refractivity contribution in [1.29, 1.82) is 5.26 Å². The molecule has 10 heteroatoms. The largest absolute Gasteiger partial charge is 0.435 e. The van der Waals surface area contributed by atoms with Gasteiger partial charge in [-0.3, -0.25) is 9.88 Å². The molecule has 1 aromatic heterocycles. The number of pyridine rings is 1. The minimum atomic E-state index is -4.21. The molecule has 1 saturated heterocycles. The average molecular weight is 414 g/mol. The molecule has 0 bridgehead atoms. The van der Waals surface area contributed by atoms with Crippen molar-refractivity contribution in [1.82, 2.24) is 9.88 Å². The second-order valence-corrected chi connectivity index (χ2v) is 6.93. The second kappa shape index (κ2) is 8.78. The predicted molar refractivity (Wildman–Crippen MR) is 96.8 cm³/mol. The highest BCUT2D eigenvalue weighted by Crippen LogP contribution is 2.31. The number of nitriles is 1. The molecular weight excluding hydrogens is 395 g/mol. The first-order chi connectivity index (χ1) is 13.7. The first-order valence-corrected chi connectivity index (χ1v) is 9.06. The summed E-state index contributed by atoms with van der Waals surface area (Å²) >= 11 is 0. The summed E-state index contributed by atoms with van der Waals surface area (Å²) in [5.41, 5.74) is 1.21. The van der Waals surface area contributed by atoms with Crippen LogP contribution in [0.3, 0.4) is 0 Å². The number of nitrogens with one attached hydrogen (secondary N) is 1. The Balaban J connectivity index is 1.71. The number of halogens is 5. The average Bonchev–Trinajstić information content (AvgIpc) is 2.65. The standard InChI is InChI=1S/C19H19F5N4O/c20-18(21)29-14-1-2-16-15(7-14)17(13(8-25)10-26-16)27-9-12-3-5-28(6-4-12)11-19(22,23)24/h1-2,7,10,12,18H,3-6,9,11H2,(H,26,27). The van der Waals surface area contributed by atoms with Crippen LogP contribution in [0.2, 0.25) is 0 Å². The van der Waals surface area contributed by atoms with Gasteiger partial charge in [0.2, 0.25) is 0 Å². The highest BCUT2D eigenvalue weighted by atomic mass is 19.4. The fourth-order valence-corrected chi connectivity index (χ4v) is 3.47. The molecule has 0 aliphatic carbocycles. The summed E-state index contributed by atoms with van der Waals surface area (Å²) < 4.78 is 67.0. The van der Waals surface area contributed by atoms with Crippen LogP contribution in [0.15, 0.2) is 24.4 Å². The number of aromatic nitrogens is 1. The molecule has 0 saturated carbocycles. The third-order valence-corrected chi connectivity index (χ3v) is 4.86. The van der Waals surface area contributed by atoms with Crippen molar-refractivity contribution < 1.29 is 26.7 Å². The van der Waals surface area contributed by atoms with Gasteiger partial charge >= 0.3 is 12.8 Å². The van der Waals surface area contributed by atoms with Crippen molar-refractivity contribution in [2.45, 2.75) is 25.6 Å². The first kappa shape index (κ1) is 21.0. The van der Waals surface area contributed by atoms with Crippen molar-refractivity contribution in [3.63, 3.8) is 0 Å². The van der Waals surface area contributed by atoms with Crippen LogP contribution in [0, 0.1) is 17.2 Å². The molecule has 2 heterocycles. The smallest absolute Gasteiger partial charge is 0.401 e. The van der Waals surface area contributed by atoms with Gasteiger partial charge in [0.15, 0.2) is 0 Å². The van der Waals surface area contributed by atoms with Gasteiger partial charge in [0.05, 0.1) is 23.3 Å². The third-order valence-electron chi connectivity index (χ3n) is 4.86. The van der Waals surface area contributed by atoms with Gasteiger partial charge in [-0.2, -0.15) is 27.2 Å². The molecule has 1 fully saturated rings. The first-order valence-electron chi connectivity index (χ1n) is 9.06. The Morgan fingerprint density at radius 3 is 2.62 bits per heavy atom. The zero-order valence-electron chi connectivity index (χ0n) is 15.3. The minimum absolute atomic E-state index is 0.0482. The zero-order chi connectivity index (χ0) is 21.0. The summed E-state index contributed by atoms with van der Waals surface area (Å²) in [6, 6.07) is 6.31. The summed E-state index contributed by atoms with van der Waals surface area (Å²) in [6.45, 7) is -2.74. The van der Waals surface area contributed by atoms with Crippen LogP contribution in [-0.4, -0.2) is 48.9 Å². The van der Waals surface area contributed by atoms with Crippen LogP contribution >= 0.6 is 0 Å². The number of hydrogen-bond acceptors (Lipinski definition) is 5. The van der Waals surface area contributed by atoms with Crippen molar-refractivity contribution in [2.75, 3.05) is 31.5 Å². The Morgan fingerprint density at radius 2 is 2.00 bits per heavy atom. The lowest BCUT2D eigenvalue weighted by atomic mass is 9.96. The number of ether oxygens (including phenoxy) is 1. The van der Waals surface area contributed by atoms with Gasteiger partial charge in [0.25, 0.3) is 0 Å². The predicted octanol–water partition coefficient (Wildman–Crippen LogP) is 4.39. The van der Waals surface area contributed by atoms with Crippen LogP contribution in [-0.2, 0) is 0 Å². The van der Waals surface area contributed by atoms with Gasteiger partial charge in [-0.1, -0.05) is 0 Å². The van der Waals surface area contributed by atoms with E-state index >= 15 is 0 Å². The van der Waals surface area contributed by atoms with E-state index in [1.54, 1.807) is 0 Å². The zero-order valence-corrected chi connectivity index (χ0v) is 15.3. The maximum atomic E-state index is 12.5. The Labute approximate surface area is 164 Å². The van der Waals surface area contributed by atoms with E-state index in [1.807, 2.05) is 6.07 Å². The monoisotopic (exact) mass is 414 g/mol. The van der Waals surface area contributed by atoms with Gasteiger partial charge in [0, 0.05) is 18.1 Å². The maximum absolute atomic E-state index is 12.5. The Bertz CT molecular complexity index is 889. The van der Waals surface area contributed by atoms with E-state index < -0.39 is 19.3 Å². The van der Waals surface area contributed by atoms with Crippen LogP contribution in [0.1, 0.15) is 18.4 Å². The van der Waals surface area contributed by atoms with Crippen molar-refractivity contribution in [3.8, 4) is 11.8 Å². The number of hydrogen-bond donors (Lipinski definition) is 1. The number of anilines is 1. The number of piperidine rings is 1. The molecule has 0 spiro atoms. The van der Waals surface area contributed by atoms with Crippen molar-refractivity contribution in [3.05, 3.63) is 30.0 Å². The molecule has 1 N–H and O–H groups in total. The lowest BCUT2D eigenvalue weighted by molar-refractivity contribution is -0.148. The third kappa shape index (κ3) is 5.67. The van der Waals surface area contributed by atoms with Crippen molar-refractivity contribution in [2.24, 2.45) is 5.92 Å². The Morgan fingerprint density at radius 1 is 1.28 bits per heavy atom. The quantitative estimate of drug-likeness (QED) is 0.711. The number of rotatable bonds is 6. The molecule has 2 aromatic rings. The van der Waals surface area contributed by atoms with E-state index in [4.69, 9.17) is 0 Å². The number of fused-ring (bicyclic) bond motifs is 1. The minimum Gasteiger partial charge on any atom is -0.435 e. The van der Waals surface area contributed by atoms with Crippen LogP contribution in [0.5, 0.6) is 5.75 Å². The van der Waals surface area contributed by atoms with Crippen LogP contribution < -0.4 is 10.1 Å². The lowest BCUT2D eigenvalue weighted by Gasteiger charge is -2.32. The fraction of sp³-hybridized carbons (Fsp3) is 0.474. The van der Waals surface area contributed by atoms with Crippen LogP contribution in [0.4, 0.5) is 27.6 Å². The molecule has 156 valence electrons. The Hall–Kier alpha value is -2.67. The molecule has 0 radical (unpaired) electrons. The summed E-state index contributed by atoms with van der Waals surface area (Å²) in [6.07, 6.45) is -1.63. The second-order valence-electron chi connectivity index (χ2n) is 6.93. The van der Waals surface area contributed by atoms with Gasteiger partial charge in [0.1, 0.15) is 11.8 Å². The fourth-order valence-electron chi connectivity index (χ4n) is 3.47. The van der Waals surface area contributed by atoms with Gasteiger partial charge in [-0.15, -0.1) is 0 Å². The number of nitrogens with zero attached hydrogens (tertiary/aromatic N) is 3. The summed E-state index contributed by atoms with van der Waals surface area (Å²) in [7, 11) is 0. The molecule has 0 unspecified atom stereocenters.